The first-order chi connectivity index (χ1) is 12.4. The number of aryl methyl sites for hydroxylation is 1. The molecule has 0 aliphatic carbocycles. The number of aliphatic hydroxyl groups excluding tert-OH is 5. The Bertz CT molecular complexity index is 481. The van der Waals surface area contributed by atoms with Gasteiger partial charge in [-0.1, -0.05) is 44.5 Å². The zero-order chi connectivity index (χ0) is 19.9. The molecule has 0 fully saturated rings. The van der Waals surface area contributed by atoms with Crippen LogP contribution in [0, 0.1) is 0 Å². The molecule has 5 N–H and O–H groups in total. The zero-order valence-electron chi connectivity index (χ0n) is 15.5. The van der Waals surface area contributed by atoms with E-state index in [1.807, 2.05) is 31.2 Å². The van der Waals surface area contributed by atoms with Crippen molar-refractivity contribution in [3.63, 3.8) is 0 Å². The Hall–Kier alpha value is -1.35. The fraction of sp³-hybridized carbons (Fsp3) is 0.632. The summed E-state index contributed by atoms with van der Waals surface area (Å²) in [7, 11) is 0. The number of carbonyl (C=O) groups is 1. The maximum Gasteiger partial charge on any atom is 0.150 e. The molecule has 7 heteroatoms. The van der Waals surface area contributed by atoms with Gasteiger partial charge in [-0.3, -0.25) is 4.79 Å². The second-order valence-electron chi connectivity index (χ2n) is 5.94. The number of ether oxygens (including phenoxy) is 1. The van der Waals surface area contributed by atoms with E-state index in [0.717, 1.165) is 36.7 Å². The topological polar surface area (TPSA) is 127 Å². The highest BCUT2D eigenvalue weighted by Gasteiger charge is 2.29. The van der Waals surface area contributed by atoms with E-state index in [2.05, 4.69) is 6.92 Å². The van der Waals surface area contributed by atoms with Crippen LogP contribution in [0.5, 0.6) is 0 Å². The SMILES string of the molecule is CCCOCC(O)C(O)C(O)C(O)CO.CCCc1ccccc1C=O. The monoisotopic (exact) mass is 372 g/mol. The molecule has 0 aromatic heterocycles. The van der Waals surface area contributed by atoms with Crippen LogP contribution < -0.4 is 0 Å². The van der Waals surface area contributed by atoms with Crippen LogP contribution in [0.15, 0.2) is 24.3 Å². The highest BCUT2D eigenvalue weighted by Crippen LogP contribution is 2.08. The van der Waals surface area contributed by atoms with Crippen molar-refractivity contribution in [3.05, 3.63) is 35.4 Å². The van der Waals surface area contributed by atoms with Crippen molar-refractivity contribution in [1.29, 1.82) is 0 Å². The van der Waals surface area contributed by atoms with Gasteiger partial charge in [0.05, 0.1) is 13.2 Å². The molecule has 1 aromatic rings. The fourth-order valence-electron chi connectivity index (χ4n) is 2.16. The molecule has 1 aromatic carbocycles. The second-order valence-corrected chi connectivity index (χ2v) is 5.94. The summed E-state index contributed by atoms with van der Waals surface area (Å²) in [6.45, 7) is 3.65. The van der Waals surface area contributed by atoms with E-state index in [1.165, 1.54) is 0 Å². The average molecular weight is 372 g/mol. The van der Waals surface area contributed by atoms with E-state index in [1.54, 1.807) is 0 Å². The van der Waals surface area contributed by atoms with Gasteiger partial charge in [0.25, 0.3) is 0 Å². The third-order valence-electron chi connectivity index (χ3n) is 3.66. The summed E-state index contributed by atoms with van der Waals surface area (Å²) in [4.78, 5) is 10.5. The molecule has 0 heterocycles. The molecule has 1 rings (SSSR count). The van der Waals surface area contributed by atoms with E-state index >= 15 is 0 Å². The van der Waals surface area contributed by atoms with Gasteiger partial charge in [0, 0.05) is 12.2 Å². The quantitative estimate of drug-likeness (QED) is 0.279. The lowest BCUT2D eigenvalue weighted by atomic mass is 10.0. The molecular formula is C19H32O7. The van der Waals surface area contributed by atoms with Crippen LogP contribution in [0.25, 0.3) is 0 Å². The summed E-state index contributed by atoms with van der Waals surface area (Å²) >= 11 is 0. The van der Waals surface area contributed by atoms with Crippen molar-refractivity contribution in [1.82, 2.24) is 0 Å². The molecule has 4 unspecified atom stereocenters. The molecule has 0 saturated carbocycles. The summed E-state index contributed by atoms with van der Waals surface area (Å²) in [5, 5.41) is 45.4. The normalized spacial score (nSPS) is 15.3. The molecule has 4 atom stereocenters. The lowest BCUT2D eigenvalue weighted by Crippen LogP contribution is -2.47. The first-order valence-corrected chi connectivity index (χ1v) is 8.86. The van der Waals surface area contributed by atoms with Gasteiger partial charge in [-0.2, -0.15) is 0 Å². The number of aliphatic hydroxyl groups is 5. The van der Waals surface area contributed by atoms with Gasteiger partial charge < -0.3 is 30.3 Å². The molecular weight excluding hydrogens is 340 g/mol. The van der Waals surface area contributed by atoms with Crippen molar-refractivity contribution in [2.75, 3.05) is 19.8 Å². The molecule has 0 bridgehead atoms. The lowest BCUT2D eigenvalue weighted by molar-refractivity contribution is -0.129. The molecule has 150 valence electrons. The molecule has 0 spiro atoms. The van der Waals surface area contributed by atoms with Crippen molar-refractivity contribution >= 4 is 6.29 Å². The largest absolute Gasteiger partial charge is 0.394 e. The van der Waals surface area contributed by atoms with Crippen LogP contribution in [-0.2, 0) is 11.2 Å². The van der Waals surface area contributed by atoms with E-state index in [4.69, 9.17) is 14.9 Å². The molecule has 7 nitrogen and oxygen atoms in total. The maximum atomic E-state index is 10.5. The van der Waals surface area contributed by atoms with Gasteiger partial charge in [0.1, 0.15) is 30.7 Å². The van der Waals surface area contributed by atoms with Gasteiger partial charge >= 0.3 is 0 Å². The summed E-state index contributed by atoms with van der Waals surface area (Å²) in [5.41, 5.74) is 1.99. The Kier molecular flexibility index (Phi) is 14.0. The number of benzene rings is 1. The molecule has 0 aliphatic heterocycles. The third-order valence-corrected chi connectivity index (χ3v) is 3.66. The van der Waals surface area contributed by atoms with Crippen LogP contribution in [0.2, 0.25) is 0 Å². The third kappa shape index (κ3) is 9.38. The highest BCUT2D eigenvalue weighted by molar-refractivity contribution is 5.77. The number of hydrogen-bond donors (Lipinski definition) is 5. The van der Waals surface area contributed by atoms with Crippen LogP contribution >= 0.6 is 0 Å². The van der Waals surface area contributed by atoms with Crippen molar-refractivity contribution in [3.8, 4) is 0 Å². The van der Waals surface area contributed by atoms with E-state index < -0.39 is 31.0 Å². The Morgan fingerprint density at radius 1 is 1.00 bits per heavy atom. The van der Waals surface area contributed by atoms with Gasteiger partial charge in [-0.05, 0) is 18.4 Å². The second kappa shape index (κ2) is 14.8. The van der Waals surface area contributed by atoms with Crippen molar-refractivity contribution < 1.29 is 35.1 Å². The van der Waals surface area contributed by atoms with Gasteiger partial charge in [0.2, 0.25) is 0 Å². The Balaban J connectivity index is 0.000000502. The predicted molar refractivity (Wildman–Crippen MR) is 98.0 cm³/mol. The minimum absolute atomic E-state index is 0.121. The number of rotatable bonds is 11. The minimum Gasteiger partial charge on any atom is -0.394 e. The highest BCUT2D eigenvalue weighted by atomic mass is 16.5. The first kappa shape index (κ1) is 24.7. The minimum atomic E-state index is -1.59. The molecule has 0 amide bonds. The molecule has 0 saturated heterocycles. The lowest BCUT2D eigenvalue weighted by Gasteiger charge is -2.25. The van der Waals surface area contributed by atoms with Crippen LogP contribution in [0.1, 0.15) is 42.6 Å². The van der Waals surface area contributed by atoms with E-state index in [-0.39, 0.29) is 6.61 Å². The van der Waals surface area contributed by atoms with Crippen molar-refractivity contribution in [2.24, 2.45) is 0 Å². The summed E-state index contributed by atoms with van der Waals surface area (Å²) < 4.78 is 4.96. The number of carbonyl (C=O) groups excluding carboxylic acids is 1. The maximum absolute atomic E-state index is 10.5. The summed E-state index contributed by atoms with van der Waals surface area (Å²) in [6, 6.07) is 7.73. The van der Waals surface area contributed by atoms with Crippen molar-refractivity contribution in [2.45, 2.75) is 57.5 Å². The molecule has 26 heavy (non-hydrogen) atoms. The van der Waals surface area contributed by atoms with Crippen LogP contribution in [0.3, 0.4) is 0 Å². The number of aldehydes is 1. The zero-order valence-corrected chi connectivity index (χ0v) is 15.5. The Morgan fingerprint density at radius 2 is 1.62 bits per heavy atom. The van der Waals surface area contributed by atoms with E-state index in [0.29, 0.717) is 6.61 Å². The Morgan fingerprint density at radius 3 is 2.15 bits per heavy atom. The summed E-state index contributed by atoms with van der Waals surface area (Å²) in [5.74, 6) is 0. The first-order valence-electron chi connectivity index (χ1n) is 8.86. The van der Waals surface area contributed by atoms with Gasteiger partial charge in [0.15, 0.2) is 0 Å². The molecule has 0 radical (unpaired) electrons. The molecule has 0 aliphatic rings. The standard InChI is InChI=1S/C10H12O.C9H20O6/c1-2-5-9-6-3-4-7-10(9)8-11;1-2-3-15-5-7(12)9(14)8(13)6(11)4-10/h3-4,6-8H,2,5H2,1H3;6-14H,2-5H2,1H3. The van der Waals surface area contributed by atoms with Gasteiger partial charge in [-0.15, -0.1) is 0 Å². The average Bonchev–Trinajstić information content (AvgIpc) is 2.67. The smallest absolute Gasteiger partial charge is 0.150 e. The summed E-state index contributed by atoms with van der Waals surface area (Å²) in [6.07, 6.45) is -2.09. The van der Waals surface area contributed by atoms with Crippen LogP contribution in [0.4, 0.5) is 0 Å². The Labute approximate surface area is 154 Å². The number of hydrogen-bond acceptors (Lipinski definition) is 7. The predicted octanol–water partition coefficient (Wildman–Crippen LogP) is 0.300. The fourth-order valence-corrected chi connectivity index (χ4v) is 2.16. The van der Waals surface area contributed by atoms with Crippen LogP contribution in [-0.4, -0.2) is 76.1 Å². The van der Waals surface area contributed by atoms with E-state index in [9.17, 15) is 20.1 Å². The van der Waals surface area contributed by atoms with Gasteiger partial charge in [-0.25, -0.2) is 0 Å².